The molecule has 12 aromatic carbocycles. The van der Waals surface area contributed by atoms with E-state index in [1.807, 2.05) is 0 Å². The van der Waals surface area contributed by atoms with Crippen molar-refractivity contribution in [3.05, 3.63) is 253 Å². The maximum atomic E-state index is 2.74. The van der Waals surface area contributed by atoms with Crippen LogP contribution < -0.4 is 19.6 Å². The summed E-state index contributed by atoms with van der Waals surface area (Å²) in [5, 5.41) is 8.10. The molecule has 498 valence electrons. The average Bonchev–Trinajstić information content (AvgIpc) is 1.09. The fourth-order valence-electron chi connectivity index (χ4n) is 22.8. The Morgan fingerprint density at radius 3 is 0.700 bits per heavy atom. The molecule has 12 atom stereocenters. The summed E-state index contributed by atoms with van der Waals surface area (Å²) in [7, 11) is 0. The second-order valence-electron chi connectivity index (χ2n) is 34.0. The number of para-hydroxylation sites is 4. The summed E-state index contributed by atoms with van der Waals surface area (Å²) < 4.78 is 0. The smallest absolute Gasteiger partial charge is 0.0492 e. The monoisotopic (exact) mass is 1300 g/mol. The molecule has 0 radical (unpaired) electrons. The van der Waals surface area contributed by atoms with Gasteiger partial charge in [0.05, 0.1) is 0 Å². The molecule has 20 rings (SSSR count). The van der Waals surface area contributed by atoms with Gasteiger partial charge in [0, 0.05) is 91.3 Å². The van der Waals surface area contributed by atoms with Gasteiger partial charge >= 0.3 is 0 Å². The Labute approximate surface area is 593 Å². The maximum Gasteiger partial charge on any atom is 0.0492 e. The van der Waals surface area contributed by atoms with Crippen LogP contribution in [0.4, 0.5) is 45.5 Å². The van der Waals surface area contributed by atoms with Gasteiger partial charge in [0.1, 0.15) is 0 Å². The molecule has 4 heterocycles. The summed E-state index contributed by atoms with van der Waals surface area (Å²) in [4.78, 5) is 11.0. The standard InChI is InChI=1S/C96H94N4/c1-59-41-45-93(5)83(49-59)79-53-63(29-37-87(79)97(93)67-21-13-9-14-22-67)75-57-76(64-30-38-88-80(54-64)84-50-60(2)42-46-94(84,6)98(88)68-23-15-10-16-24-68)72-35-36-74-78(66-32-40-90-82(56-66)86-52-62(4)44-48-96(86,8)100(90)70-27-19-12-20-28-70)58-77(73-34-33-71(75)91(72)92(73)74)65-31-39-89-81(55-65)85-51-61(3)43-47-95(85,7)99(89)69-25-17-11-18-26-69/h9-40,53-62,83-86H,41-52H2,1-8H3. The van der Waals surface area contributed by atoms with Gasteiger partial charge in [0.15, 0.2) is 0 Å². The highest BCUT2D eigenvalue weighted by Gasteiger charge is 2.55. The van der Waals surface area contributed by atoms with E-state index in [1.54, 1.807) is 0 Å². The summed E-state index contributed by atoms with van der Waals surface area (Å²) in [6.45, 7) is 20.3. The van der Waals surface area contributed by atoms with Gasteiger partial charge in [-0.05, 0) is 337 Å². The Kier molecular flexibility index (Phi) is 13.5. The topological polar surface area (TPSA) is 13.0 Å². The average molecular weight is 1300 g/mol. The highest BCUT2D eigenvalue weighted by atomic mass is 15.3. The summed E-state index contributed by atoms with van der Waals surface area (Å²) in [5.41, 5.74) is 27.2. The largest absolute Gasteiger partial charge is 0.335 e. The van der Waals surface area contributed by atoms with Crippen molar-refractivity contribution in [1.29, 1.82) is 0 Å². The first-order valence-electron chi connectivity index (χ1n) is 38.4. The van der Waals surface area contributed by atoms with Crippen LogP contribution in [0.15, 0.2) is 231 Å². The number of fused-ring (bicyclic) bond motifs is 12. The molecule has 12 unspecified atom stereocenters. The van der Waals surface area contributed by atoms with Crippen molar-refractivity contribution in [3.63, 3.8) is 0 Å². The highest BCUT2D eigenvalue weighted by molar-refractivity contribution is 6.32. The molecular weight excluding hydrogens is 1210 g/mol. The number of rotatable bonds is 8. The van der Waals surface area contributed by atoms with E-state index < -0.39 is 0 Å². The lowest BCUT2D eigenvalue weighted by Gasteiger charge is -2.45. The quantitative estimate of drug-likeness (QED) is 0.141. The van der Waals surface area contributed by atoms with Crippen molar-refractivity contribution in [2.45, 2.75) is 178 Å². The molecular formula is C96H94N4. The number of hydrogen-bond acceptors (Lipinski definition) is 4. The Balaban J connectivity index is 0.860. The first kappa shape index (κ1) is 60.8. The normalized spacial score (nSPS) is 28.6. The van der Waals surface area contributed by atoms with Gasteiger partial charge in [0.25, 0.3) is 0 Å². The van der Waals surface area contributed by atoms with Crippen molar-refractivity contribution < 1.29 is 0 Å². The highest BCUT2D eigenvalue weighted by Crippen LogP contribution is 2.65. The fourth-order valence-corrected chi connectivity index (χ4v) is 22.8. The minimum atomic E-state index is -0.0188. The van der Waals surface area contributed by atoms with E-state index in [0.29, 0.717) is 47.3 Å². The van der Waals surface area contributed by atoms with Gasteiger partial charge in [-0.25, -0.2) is 0 Å². The van der Waals surface area contributed by atoms with E-state index >= 15 is 0 Å². The first-order valence-corrected chi connectivity index (χ1v) is 38.4. The lowest BCUT2D eigenvalue weighted by molar-refractivity contribution is 0.237. The Morgan fingerprint density at radius 2 is 0.480 bits per heavy atom. The van der Waals surface area contributed by atoms with Crippen LogP contribution >= 0.6 is 0 Å². The molecule has 0 spiro atoms. The minimum Gasteiger partial charge on any atom is -0.335 e. The third kappa shape index (κ3) is 8.70. The number of hydrogen-bond donors (Lipinski definition) is 0. The SMILES string of the molecule is CC1CCC2(C)C(C1)c1cc(-c3cc(-c4ccc5c(c4)C4CC(C)CCC4(C)N5c4ccccc4)c4ccc5c(-c6ccc7c(c6)C6CC(C)CCC6(C)N7c6ccccc6)cc(-c6ccc7c(c6)C6CC(C)CCC6(C)N7c6ccccc6)c6ccc3c4c65)ccc1N2c1ccccc1. The minimum absolute atomic E-state index is 0.0188. The molecule has 4 nitrogen and oxygen atoms in total. The molecule has 0 bridgehead atoms. The fraction of sp³-hybridized carbons (Fsp3) is 0.333. The molecule has 4 heteroatoms. The number of nitrogens with zero attached hydrogens (tertiary/aromatic N) is 4. The molecule has 0 saturated heterocycles. The van der Waals surface area contributed by atoms with Gasteiger partial charge in [-0.2, -0.15) is 0 Å². The summed E-state index contributed by atoms with van der Waals surface area (Å²) >= 11 is 0. The molecule has 4 aliphatic carbocycles. The van der Waals surface area contributed by atoms with E-state index in [9.17, 15) is 0 Å². The summed E-state index contributed by atoms with van der Waals surface area (Å²) in [5.74, 6) is 4.30. The first-order chi connectivity index (χ1) is 48.7. The molecule has 0 aromatic heterocycles. The zero-order valence-electron chi connectivity index (χ0n) is 59.8. The van der Waals surface area contributed by atoms with Crippen LogP contribution in [-0.4, -0.2) is 22.2 Å². The van der Waals surface area contributed by atoms with Crippen molar-refractivity contribution in [3.8, 4) is 44.5 Å². The van der Waals surface area contributed by atoms with Gasteiger partial charge in [-0.1, -0.05) is 149 Å². The number of anilines is 8. The Morgan fingerprint density at radius 1 is 0.260 bits per heavy atom. The molecule has 4 fully saturated rings. The third-order valence-electron chi connectivity index (χ3n) is 27.9. The lowest BCUT2D eigenvalue weighted by atomic mass is 9.69. The van der Waals surface area contributed by atoms with Crippen molar-refractivity contribution in [2.75, 3.05) is 19.6 Å². The second-order valence-corrected chi connectivity index (χ2v) is 34.0. The molecule has 0 N–H and O–H groups in total. The summed E-state index contributed by atoms with van der Waals surface area (Å²) in [6, 6.07) is 91.6. The summed E-state index contributed by atoms with van der Waals surface area (Å²) in [6.07, 6.45) is 14.4. The van der Waals surface area contributed by atoms with E-state index in [1.165, 1.54) is 222 Å². The van der Waals surface area contributed by atoms with E-state index in [-0.39, 0.29) is 22.2 Å². The van der Waals surface area contributed by atoms with Crippen LogP contribution in [0.3, 0.4) is 0 Å². The van der Waals surface area contributed by atoms with Crippen LogP contribution in [0.25, 0.3) is 76.8 Å². The molecule has 100 heavy (non-hydrogen) atoms. The molecule has 8 aliphatic rings. The van der Waals surface area contributed by atoms with Crippen LogP contribution in [0.5, 0.6) is 0 Å². The molecule has 0 amide bonds. The van der Waals surface area contributed by atoms with E-state index in [2.05, 4.69) is 306 Å². The van der Waals surface area contributed by atoms with E-state index in [4.69, 9.17) is 0 Å². The van der Waals surface area contributed by atoms with Crippen LogP contribution in [0, 0.1) is 23.7 Å². The number of benzene rings is 12. The van der Waals surface area contributed by atoms with Crippen LogP contribution in [-0.2, 0) is 0 Å². The van der Waals surface area contributed by atoms with Gasteiger partial charge in [-0.3, -0.25) is 0 Å². The Hall–Kier alpha value is -9.12. The molecule has 4 aliphatic heterocycles. The maximum absolute atomic E-state index is 2.74. The van der Waals surface area contributed by atoms with E-state index in [0.717, 1.165) is 0 Å². The van der Waals surface area contributed by atoms with Crippen molar-refractivity contribution in [2.24, 2.45) is 23.7 Å². The molecule has 4 saturated carbocycles. The van der Waals surface area contributed by atoms with Gasteiger partial charge in [-0.15, -0.1) is 0 Å². The van der Waals surface area contributed by atoms with Gasteiger partial charge in [0.2, 0.25) is 0 Å². The lowest BCUT2D eigenvalue weighted by Crippen LogP contribution is -2.46. The second kappa shape index (κ2) is 22.2. The predicted octanol–water partition coefficient (Wildman–Crippen LogP) is 26.5. The zero-order valence-corrected chi connectivity index (χ0v) is 59.8. The Bertz CT molecular complexity index is 4610. The van der Waals surface area contributed by atoms with Crippen LogP contribution in [0.1, 0.15) is 178 Å². The van der Waals surface area contributed by atoms with Crippen molar-refractivity contribution in [1.82, 2.24) is 0 Å². The van der Waals surface area contributed by atoms with Gasteiger partial charge < -0.3 is 19.6 Å². The van der Waals surface area contributed by atoms with Crippen molar-refractivity contribution >= 4 is 77.8 Å². The predicted molar refractivity (Wildman–Crippen MR) is 423 cm³/mol. The zero-order chi connectivity index (χ0) is 67.3. The third-order valence-corrected chi connectivity index (χ3v) is 27.9. The molecule has 12 aromatic rings. The van der Waals surface area contributed by atoms with Crippen LogP contribution in [0.2, 0.25) is 0 Å².